The summed E-state index contributed by atoms with van der Waals surface area (Å²) in [6.45, 7) is -1.22. The molecule has 1 amide bonds. The third-order valence-electron chi connectivity index (χ3n) is 2.91. The monoisotopic (exact) mass is 258 g/mol. The molecule has 0 unspecified atom stereocenters. The van der Waals surface area contributed by atoms with E-state index in [1.165, 1.54) is 0 Å². The number of alkyl halides is 3. The zero-order valence-electron chi connectivity index (χ0n) is 9.84. The second-order valence-electron chi connectivity index (χ2n) is 4.19. The van der Waals surface area contributed by atoms with Gasteiger partial charge in [0.1, 0.15) is 6.54 Å². The van der Waals surface area contributed by atoms with Crippen LogP contribution in [0.4, 0.5) is 24.5 Å². The molecule has 1 heterocycles. The lowest BCUT2D eigenvalue weighted by Crippen LogP contribution is -2.41. The highest BCUT2D eigenvalue weighted by molar-refractivity contribution is 5.96. The standard InChI is InChI=1S/C12H13F3N2O/c1-16-9-3-4-10-8(6-9)2-5-11(18)17(10)7-12(13,14)15/h3-4,6,16H,2,5,7H2,1H3. The van der Waals surface area contributed by atoms with Gasteiger partial charge in [-0.15, -0.1) is 0 Å². The Labute approximate surface area is 103 Å². The molecular weight excluding hydrogens is 245 g/mol. The van der Waals surface area contributed by atoms with E-state index in [1.807, 2.05) is 0 Å². The summed E-state index contributed by atoms with van der Waals surface area (Å²) in [5.74, 6) is -0.475. The Hall–Kier alpha value is -1.72. The van der Waals surface area contributed by atoms with Crippen molar-refractivity contribution in [3.05, 3.63) is 23.8 Å². The number of fused-ring (bicyclic) bond motifs is 1. The van der Waals surface area contributed by atoms with Gasteiger partial charge in [-0.1, -0.05) is 0 Å². The van der Waals surface area contributed by atoms with E-state index in [9.17, 15) is 18.0 Å². The van der Waals surface area contributed by atoms with Gasteiger partial charge in [-0.25, -0.2) is 0 Å². The molecule has 0 fully saturated rings. The van der Waals surface area contributed by atoms with Crippen LogP contribution in [0.1, 0.15) is 12.0 Å². The molecule has 0 spiro atoms. The average Bonchev–Trinajstić information content (AvgIpc) is 2.31. The average molecular weight is 258 g/mol. The third-order valence-corrected chi connectivity index (χ3v) is 2.91. The summed E-state index contributed by atoms with van der Waals surface area (Å²) < 4.78 is 37.3. The molecule has 1 N–H and O–H groups in total. The van der Waals surface area contributed by atoms with Gasteiger partial charge in [0.2, 0.25) is 5.91 Å². The number of aryl methyl sites for hydroxylation is 1. The van der Waals surface area contributed by atoms with Crippen LogP contribution in [-0.2, 0) is 11.2 Å². The molecule has 1 aliphatic rings. The first-order valence-electron chi connectivity index (χ1n) is 5.58. The quantitative estimate of drug-likeness (QED) is 0.884. The van der Waals surface area contributed by atoms with Crippen LogP contribution in [0.3, 0.4) is 0 Å². The topological polar surface area (TPSA) is 32.3 Å². The van der Waals surface area contributed by atoms with Crippen molar-refractivity contribution in [2.45, 2.75) is 19.0 Å². The Bertz CT molecular complexity index is 471. The number of hydrogen-bond acceptors (Lipinski definition) is 2. The molecule has 0 radical (unpaired) electrons. The fraction of sp³-hybridized carbons (Fsp3) is 0.417. The zero-order valence-corrected chi connectivity index (χ0v) is 9.84. The lowest BCUT2D eigenvalue weighted by Gasteiger charge is -2.30. The summed E-state index contributed by atoms with van der Waals surface area (Å²) in [6.07, 6.45) is -3.78. The highest BCUT2D eigenvalue weighted by atomic mass is 19.4. The smallest absolute Gasteiger partial charge is 0.388 e. The minimum atomic E-state index is -4.38. The molecule has 18 heavy (non-hydrogen) atoms. The van der Waals surface area contributed by atoms with Crippen molar-refractivity contribution in [2.75, 3.05) is 23.8 Å². The molecule has 0 bridgehead atoms. The van der Waals surface area contributed by atoms with Crippen LogP contribution in [0.15, 0.2) is 18.2 Å². The summed E-state index contributed by atoms with van der Waals surface area (Å²) in [6, 6.07) is 5.01. The van der Waals surface area contributed by atoms with E-state index in [0.717, 1.165) is 16.2 Å². The van der Waals surface area contributed by atoms with Crippen molar-refractivity contribution in [3.63, 3.8) is 0 Å². The summed E-state index contributed by atoms with van der Waals surface area (Å²) in [4.78, 5) is 12.4. The summed E-state index contributed by atoms with van der Waals surface area (Å²) in [5.41, 5.74) is 1.96. The van der Waals surface area contributed by atoms with E-state index < -0.39 is 18.6 Å². The number of anilines is 2. The second kappa shape index (κ2) is 4.51. The minimum Gasteiger partial charge on any atom is -0.388 e. The molecule has 98 valence electrons. The summed E-state index contributed by atoms with van der Waals surface area (Å²) in [5, 5.41) is 2.93. The predicted octanol–water partition coefficient (Wildman–Crippen LogP) is 2.57. The molecule has 6 heteroatoms. The van der Waals surface area contributed by atoms with Crippen LogP contribution >= 0.6 is 0 Å². The molecule has 1 aromatic rings. The molecule has 1 aliphatic heterocycles. The molecular formula is C12H13F3N2O. The SMILES string of the molecule is CNc1ccc2c(c1)CCC(=O)N2CC(F)(F)F. The second-order valence-corrected chi connectivity index (χ2v) is 4.19. The highest BCUT2D eigenvalue weighted by Gasteiger charge is 2.36. The highest BCUT2D eigenvalue weighted by Crippen LogP contribution is 2.32. The van der Waals surface area contributed by atoms with Gasteiger partial charge in [-0.2, -0.15) is 13.2 Å². The Balaban J connectivity index is 2.35. The number of amides is 1. The van der Waals surface area contributed by atoms with E-state index in [4.69, 9.17) is 0 Å². The van der Waals surface area contributed by atoms with Gasteiger partial charge in [0.05, 0.1) is 0 Å². The molecule has 3 nitrogen and oxygen atoms in total. The molecule has 0 aromatic heterocycles. The van der Waals surface area contributed by atoms with Crippen LogP contribution in [0.25, 0.3) is 0 Å². The maximum atomic E-state index is 12.4. The Morgan fingerprint density at radius 3 is 2.67 bits per heavy atom. The van der Waals surface area contributed by atoms with Crippen LogP contribution in [0.5, 0.6) is 0 Å². The van der Waals surface area contributed by atoms with E-state index in [-0.39, 0.29) is 6.42 Å². The van der Waals surface area contributed by atoms with E-state index in [0.29, 0.717) is 12.1 Å². The number of nitrogens with one attached hydrogen (secondary N) is 1. The van der Waals surface area contributed by atoms with Gasteiger partial charge in [-0.3, -0.25) is 4.79 Å². The van der Waals surface area contributed by atoms with Gasteiger partial charge in [0.25, 0.3) is 0 Å². The van der Waals surface area contributed by atoms with Crippen molar-refractivity contribution in [3.8, 4) is 0 Å². The normalized spacial score (nSPS) is 15.6. The van der Waals surface area contributed by atoms with Gasteiger partial charge in [0, 0.05) is 24.8 Å². The number of halogens is 3. The maximum absolute atomic E-state index is 12.4. The minimum absolute atomic E-state index is 0.121. The largest absolute Gasteiger partial charge is 0.406 e. The number of benzene rings is 1. The van der Waals surface area contributed by atoms with Crippen molar-refractivity contribution in [1.82, 2.24) is 0 Å². The van der Waals surface area contributed by atoms with E-state index in [1.54, 1.807) is 25.2 Å². The Kier molecular flexibility index (Phi) is 3.19. The number of carbonyl (C=O) groups excluding carboxylic acids is 1. The number of carbonyl (C=O) groups is 1. The fourth-order valence-corrected chi connectivity index (χ4v) is 2.07. The van der Waals surface area contributed by atoms with Gasteiger partial charge >= 0.3 is 6.18 Å². The van der Waals surface area contributed by atoms with Gasteiger partial charge < -0.3 is 10.2 Å². The van der Waals surface area contributed by atoms with Crippen LogP contribution in [0, 0.1) is 0 Å². The predicted molar refractivity (Wildman–Crippen MR) is 62.7 cm³/mol. The number of rotatable bonds is 2. The van der Waals surface area contributed by atoms with Gasteiger partial charge in [0.15, 0.2) is 0 Å². The van der Waals surface area contributed by atoms with Gasteiger partial charge in [-0.05, 0) is 30.2 Å². The van der Waals surface area contributed by atoms with Crippen molar-refractivity contribution >= 4 is 17.3 Å². The summed E-state index contributed by atoms with van der Waals surface area (Å²) >= 11 is 0. The molecule has 0 saturated heterocycles. The zero-order chi connectivity index (χ0) is 13.3. The third kappa shape index (κ3) is 2.57. The van der Waals surface area contributed by atoms with Crippen molar-refractivity contribution in [2.24, 2.45) is 0 Å². The fourth-order valence-electron chi connectivity index (χ4n) is 2.07. The first-order chi connectivity index (χ1) is 8.40. The molecule has 2 rings (SSSR count). The Morgan fingerprint density at radius 2 is 2.06 bits per heavy atom. The number of hydrogen-bond donors (Lipinski definition) is 1. The lowest BCUT2D eigenvalue weighted by atomic mass is 10.0. The van der Waals surface area contributed by atoms with Crippen molar-refractivity contribution < 1.29 is 18.0 Å². The van der Waals surface area contributed by atoms with Crippen molar-refractivity contribution in [1.29, 1.82) is 0 Å². The maximum Gasteiger partial charge on any atom is 0.406 e. The Morgan fingerprint density at radius 1 is 1.33 bits per heavy atom. The number of nitrogens with zero attached hydrogens (tertiary/aromatic N) is 1. The van der Waals surface area contributed by atoms with E-state index >= 15 is 0 Å². The first kappa shape index (κ1) is 12.7. The lowest BCUT2D eigenvalue weighted by molar-refractivity contribution is -0.132. The van der Waals surface area contributed by atoms with Crippen LogP contribution in [-0.4, -0.2) is 25.7 Å². The van der Waals surface area contributed by atoms with Crippen LogP contribution < -0.4 is 10.2 Å². The first-order valence-corrected chi connectivity index (χ1v) is 5.58. The van der Waals surface area contributed by atoms with Crippen LogP contribution in [0.2, 0.25) is 0 Å². The molecule has 0 aliphatic carbocycles. The van der Waals surface area contributed by atoms with E-state index in [2.05, 4.69) is 5.32 Å². The summed E-state index contributed by atoms with van der Waals surface area (Å²) in [7, 11) is 1.74. The molecule has 0 saturated carbocycles. The molecule has 1 aromatic carbocycles. The molecule has 0 atom stereocenters.